The highest BCUT2D eigenvalue weighted by atomic mass is 79.9. The molecular weight excluding hydrogens is 290 g/mol. The molecular formula is C15H22BrNO. The van der Waals surface area contributed by atoms with E-state index in [9.17, 15) is 0 Å². The summed E-state index contributed by atoms with van der Waals surface area (Å²) in [5.74, 6) is 0.835. The van der Waals surface area contributed by atoms with Crippen LogP contribution in [-0.4, -0.2) is 18.2 Å². The fourth-order valence-electron chi connectivity index (χ4n) is 2.89. The van der Waals surface area contributed by atoms with Crippen molar-refractivity contribution in [2.45, 2.75) is 45.3 Å². The lowest BCUT2D eigenvalue weighted by atomic mass is 9.86. The minimum Gasteiger partial charge on any atom is -0.392 e. The predicted octanol–water partition coefficient (Wildman–Crippen LogP) is 3.96. The predicted molar refractivity (Wildman–Crippen MR) is 79.9 cm³/mol. The molecule has 0 aromatic heterocycles. The summed E-state index contributed by atoms with van der Waals surface area (Å²) < 4.78 is 1.08. The zero-order valence-corrected chi connectivity index (χ0v) is 12.8. The van der Waals surface area contributed by atoms with Gasteiger partial charge in [-0.25, -0.2) is 0 Å². The van der Waals surface area contributed by atoms with Gasteiger partial charge in [0, 0.05) is 17.6 Å². The Morgan fingerprint density at radius 2 is 2.17 bits per heavy atom. The maximum atomic E-state index is 9.14. The average Bonchev–Trinajstić information content (AvgIpc) is 2.37. The maximum absolute atomic E-state index is 9.14. The van der Waals surface area contributed by atoms with Crippen molar-refractivity contribution in [3.8, 4) is 0 Å². The molecule has 18 heavy (non-hydrogen) atoms. The van der Waals surface area contributed by atoms with Gasteiger partial charge in [0.2, 0.25) is 0 Å². The van der Waals surface area contributed by atoms with Crippen molar-refractivity contribution in [2.75, 3.05) is 11.9 Å². The summed E-state index contributed by atoms with van der Waals surface area (Å²) in [6.07, 6.45) is 5.27. The third-order valence-corrected chi connectivity index (χ3v) is 4.67. The van der Waals surface area contributed by atoms with Gasteiger partial charge in [-0.2, -0.15) is 0 Å². The van der Waals surface area contributed by atoms with Crippen molar-refractivity contribution in [1.29, 1.82) is 0 Å². The Kier molecular flexibility index (Phi) is 4.68. The van der Waals surface area contributed by atoms with Gasteiger partial charge in [0.05, 0.1) is 12.3 Å². The maximum Gasteiger partial charge on any atom is 0.0682 e. The summed E-state index contributed by atoms with van der Waals surface area (Å²) in [7, 11) is 2.18. The van der Waals surface area contributed by atoms with Crippen LogP contribution in [-0.2, 0) is 6.61 Å². The van der Waals surface area contributed by atoms with Gasteiger partial charge in [-0.3, -0.25) is 0 Å². The molecule has 1 aromatic carbocycles. The summed E-state index contributed by atoms with van der Waals surface area (Å²) in [5.41, 5.74) is 2.18. The standard InChI is InChI=1S/C15H22BrNO/c1-11-4-3-5-13(8-11)17(2)15-7-6-12(10-18)9-14(15)16/h6-7,9,11,13,18H,3-5,8,10H2,1-2H3. The van der Waals surface area contributed by atoms with Gasteiger partial charge in [0.15, 0.2) is 0 Å². The molecule has 1 aromatic rings. The van der Waals surface area contributed by atoms with E-state index in [1.54, 1.807) is 0 Å². The molecule has 0 aliphatic heterocycles. The normalized spacial score (nSPS) is 24.0. The third-order valence-electron chi connectivity index (χ3n) is 4.03. The van der Waals surface area contributed by atoms with Crippen molar-refractivity contribution in [1.82, 2.24) is 0 Å². The summed E-state index contributed by atoms with van der Waals surface area (Å²) in [6.45, 7) is 2.45. The summed E-state index contributed by atoms with van der Waals surface area (Å²) in [5, 5.41) is 9.14. The molecule has 2 unspecified atom stereocenters. The molecule has 0 heterocycles. The molecule has 0 bridgehead atoms. The van der Waals surface area contributed by atoms with E-state index in [2.05, 4.69) is 40.9 Å². The lowest BCUT2D eigenvalue weighted by molar-refractivity contribution is 0.282. The van der Waals surface area contributed by atoms with Crippen molar-refractivity contribution in [2.24, 2.45) is 5.92 Å². The Hall–Kier alpha value is -0.540. The van der Waals surface area contributed by atoms with Gasteiger partial charge in [0.1, 0.15) is 0 Å². The van der Waals surface area contributed by atoms with Gasteiger partial charge in [0.25, 0.3) is 0 Å². The average molecular weight is 312 g/mol. The number of aliphatic hydroxyl groups is 1. The molecule has 1 N–H and O–H groups in total. The number of nitrogens with zero attached hydrogens (tertiary/aromatic N) is 1. The SMILES string of the molecule is CC1CCCC(N(C)c2ccc(CO)cc2Br)C1. The molecule has 1 aliphatic carbocycles. The molecule has 0 radical (unpaired) electrons. The van der Waals surface area contributed by atoms with Crippen molar-refractivity contribution in [3.63, 3.8) is 0 Å². The van der Waals surface area contributed by atoms with E-state index in [4.69, 9.17) is 5.11 Å². The van der Waals surface area contributed by atoms with Crippen LogP contribution < -0.4 is 4.90 Å². The number of halogens is 1. The Labute approximate surface area is 118 Å². The first kappa shape index (κ1) is 13.9. The number of anilines is 1. The van der Waals surface area contributed by atoms with Gasteiger partial charge in [-0.15, -0.1) is 0 Å². The molecule has 0 saturated heterocycles. The van der Waals surface area contributed by atoms with E-state index in [0.29, 0.717) is 6.04 Å². The van der Waals surface area contributed by atoms with Crippen LogP contribution in [0.4, 0.5) is 5.69 Å². The fourth-order valence-corrected chi connectivity index (χ4v) is 3.59. The molecule has 2 rings (SSSR count). The first-order chi connectivity index (χ1) is 8.61. The summed E-state index contributed by atoms with van der Waals surface area (Å²) in [4.78, 5) is 2.39. The van der Waals surface area contributed by atoms with Gasteiger partial charge < -0.3 is 10.0 Å². The largest absolute Gasteiger partial charge is 0.392 e. The van der Waals surface area contributed by atoms with Crippen LogP contribution >= 0.6 is 15.9 Å². The van der Waals surface area contributed by atoms with Crippen LogP contribution in [0.15, 0.2) is 22.7 Å². The van der Waals surface area contributed by atoms with E-state index in [1.807, 2.05) is 12.1 Å². The lowest BCUT2D eigenvalue weighted by Crippen LogP contribution is -2.35. The summed E-state index contributed by atoms with van der Waals surface area (Å²) >= 11 is 3.62. The molecule has 1 fully saturated rings. The summed E-state index contributed by atoms with van der Waals surface area (Å²) in [6, 6.07) is 6.76. The number of hydrogen-bond acceptors (Lipinski definition) is 2. The quantitative estimate of drug-likeness (QED) is 0.913. The monoisotopic (exact) mass is 311 g/mol. The van der Waals surface area contributed by atoms with Crippen LogP contribution in [0.3, 0.4) is 0 Å². The minimum atomic E-state index is 0.100. The van der Waals surface area contributed by atoms with Crippen molar-refractivity contribution >= 4 is 21.6 Å². The highest BCUT2D eigenvalue weighted by Crippen LogP contribution is 2.33. The highest BCUT2D eigenvalue weighted by molar-refractivity contribution is 9.10. The second kappa shape index (κ2) is 6.07. The Bertz CT molecular complexity index is 407. The first-order valence-corrected chi connectivity index (χ1v) is 7.53. The second-order valence-electron chi connectivity index (χ2n) is 5.48. The van der Waals surface area contributed by atoms with Crippen molar-refractivity contribution < 1.29 is 5.11 Å². The van der Waals surface area contributed by atoms with Gasteiger partial charge in [-0.1, -0.05) is 25.8 Å². The number of hydrogen-bond donors (Lipinski definition) is 1. The molecule has 1 aliphatic rings. The second-order valence-corrected chi connectivity index (χ2v) is 6.33. The van der Waals surface area contributed by atoms with Crippen LogP contribution in [0.25, 0.3) is 0 Å². The smallest absolute Gasteiger partial charge is 0.0682 e. The van der Waals surface area contributed by atoms with Crippen molar-refractivity contribution in [3.05, 3.63) is 28.2 Å². The highest BCUT2D eigenvalue weighted by Gasteiger charge is 2.23. The van der Waals surface area contributed by atoms with E-state index >= 15 is 0 Å². The van der Waals surface area contributed by atoms with E-state index in [1.165, 1.54) is 31.4 Å². The van der Waals surface area contributed by atoms with E-state index < -0.39 is 0 Å². The zero-order valence-electron chi connectivity index (χ0n) is 11.2. The molecule has 2 nitrogen and oxygen atoms in total. The van der Waals surface area contributed by atoms with Crippen LogP contribution in [0.1, 0.15) is 38.2 Å². The zero-order chi connectivity index (χ0) is 13.1. The van der Waals surface area contributed by atoms with Gasteiger partial charge >= 0.3 is 0 Å². The number of benzene rings is 1. The molecule has 1 saturated carbocycles. The first-order valence-electron chi connectivity index (χ1n) is 6.74. The fraction of sp³-hybridized carbons (Fsp3) is 0.600. The third kappa shape index (κ3) is 3.07. The van der Waals surface area contributed by atoms with E-state index in [-0.39, 0.29) is 6.61 Å². The van der Waals surface area contributed by atoms with Crippen LogP contribution in [0, 0.1) is 5.92 Å². The number of aliphatic hydroxyl groups excluding tert-OH is 1. The molecule has 2 atom stereocenters. The number of rotatable bonds is 3. The lowest BCUT2D eigenvalue weighted by Gasteiger charge is -2.36. The molecule has 0 spiro atoms. The molecule has 0 amide bonds. The minimum absolute atomic E-state index is 0.100. The van der Waals surface area contributed by atoms with Crippen LogP contribution in [0.5, 0.6) is 0 Å². The van der Waals surface area contributed by atoms with E-state index in [0.717, 1.165) is 16.0 Å². The molecule has 100 valence electrons. The molecule has 3 heteroatoms. The Balaban J connectivity index is 2.15. The Morgan fingerprint density at radius 3 is 2.78 bits per heavy atom. The van der Waals surface area contributed by atoms with Crippen LogP contribution in [0.2, 0.25) is 0 Å². The van der Waals surface area contributed by atoms with Gasteiger partial charge in [-0.05, 0) is 52.4 Å². The Morgan fingerprint density at radius 1 is 1.39 bits per heavy atom. The topological polar surface area (TPSA) is 23.5 Å².